The van der Waals surface area contributed by atoms with Gasteiger partial charge >= 0.3 is 6.61 Å². The molecule has 0 amide bonds. The molecule has 1 unspecified atom stereocenters. The van der Waals surface area contributed by atoms with Crippen LogP contribution in [0.25, 0.3) is 0 Å². The van der Waals surface area contributed by atoms with Gasteiger partial charge in [0, 0.05) is 24.7 Å². The largest absolute Gasteiger partial charge is 0.434 e. The van der Waals surface area contributed by atoms with Crippen LogP contribution >= 0.6 is 0 Å². The maximum atomic E-state index is 12.6. The van der Waals surface area contributed by atoms with Crippen molar-refractivity contribution in [3.63, 3.8) is 0 Å². The van der Waals surface area contributed by atoms with Crippen molar-refractivity contribution >= 4 is 0 Å². The average Bonchev–Trinajstić information content (AvgIpc) is 3.34. The minimum absolute atomic E-state index is 0.0342. The van der Waals surface area contributed by atoms with Crippen LogP contribution in [0.3, 0.4) is 0 Å². The summed E-state index contributed by atoms with van der Waals surface area (Å²) in [6.45, 7) is -1.36. The Morgan fingerprint density at radius 1 is 1.19 bits per heavy atom. The summed E-state index contributed by atoms with van der Waals surface area (Å²) in [6, 6.07) is 7.56. The maximum Gasteiger partial charge on any atom is 0.387 e. The van der Waals surface area contributed by atoms with Gasteiger partial charge in [0.05, 0.1) is 6.04 Å². The topological polar surface area (TPSA) is 38.5 Å². The van der Waals surface area contributed by atoms with Crippen molar-refractivity contribution in [3.05, 3.63) is 29.8 Å². The molecule has 2 saturated carbocycles. The van der Waals surface area contributed by atoms with Gasteiger partial charge in [-0.2, -0.15) is 8.78 Å². The summed E-state index contributed by atoms with van der Waals surface area (Å²) >= 11 is 0. The second-order valence-corrected chi connectivity index (χ2v) is 6.04. The van der Waals surface area contributed by atoms with E-state index in [2.05, 4.69) is 9.64 Å². The van der Waals surface area contributed by atoms with Gasteiger partial charge < -0.3 is 10.5 Å². The summed E-state index contributed by atoms with van der Waals surface area (Å²) in [4.78, 5) is 2.41. The lowest BCUT2D eigenvalue weighted by atomic mass is 10.0. The molecule has 2 N–H and O–H groups in total. The Morgan fingerprint density at radius 2 is 1.90 bits per heavy atom. The molecule has 21 heavy (non-hydrogen) atoms. The van der Waals surface area contributed by atoms with Gasteiger partial charge in [0.15, 0.2) is 0 Å². The van der Waals surface area contributed by atoms with E-state index in [1.165, 1.54) is 25.7 Å². The summed E-state index contributed by atoms with van der Waals surface area (Å²) in [5, 5.41) is 0. The fourth-order valence-corrected chi connectivity index (χ4v) is 2.94. The first-order valence-electron chi connectivity index (χ1n) is 7.68. The Labute approximate surface area is 124 Å². The average molecular weight is 296 g/mol. The number of hydrogen-bond donors (Lipinski definition) is 1. The van der Waals surface area contributed by atoms with Crippen molar-refractivity contribution in [2.75, 3.05) is 13.1 Å². The molecule has 0 radical (unpaired) electrons. The highest BCUT2D eigenvalue weighted by Gasteiger charge is 2.38. The van der Waals surface area contributed by atoms with Crippen molar-refractivity contribution in [1.29, 1.82) is 0 Å². The molecule has 116 valence electrons. The van der Waals surface area contributed by atoms with Crippen LogP contribution in [0.2, 0.25) is 0 Å². The lowest BCUT2D eigenvalue weighted by Gasteiger charge is -2.32. The third-order valence-corrected chi connectivity index (χ3v) is 4.30. The minimum atomic E-state index is -2.80. The van der Waals surface area contributed by atoms with E-state index in [1.54, 1.807) is 12.1 Å². The van der Waals surface area contributed by atoms with Crippen LogP contribution in [0.1, 0.15) is 37.3 Å². The zero-order chi connectivity index (χ0) is 14.8. The summed E-state index contributed by atoms with van der Waals surface area (Å²) in [5.41, 5.74) is 6.77. The SMILES string of the molecule is NCC(c1ccccc1OC(F)F)N(CC1CC1)C1CC1. The Bertz CT molecular complexity index is 475. The number of para-hydroxylation sites is 1. The first-order chi connectivity index (χ1) is 10.2. The van der Waals surface area contributed by atoms with Gasteiger partial charge in [0.1, 0.15) is 5.75 Å². The van der Waals surface area contributed by atoms with Gasteiger partial charge in [0.2, 0.25) is 0 Å². The first kappa shape index (κ1) is 14.7. The highest BCUT2D eigenvalue weighted by molar-refractivity contribution is 5.36. The van der Waals surface area contributed by atoms with Crippen LogP contribution in [-0.2, 0) is 0 Å². The zero-order valence-electron chi connectivity index (χ0n) is 12.1. The lowest BCUT2D eigenvalue weighted by molar-refractivity contribution is -0.0512. The molecule has 0 heterocycles. The van der Waals surface area contributed by atoms with E-state index in [4.69, 9.17) is 5.73 Å². The van der Waals surface area contributed by atoms with E-state index in [0.29, 0.717) is 12.6 Å². The molecular formula is C16H22F2N2O. The van der Waals surface area contributed by atoms with E-state index in [1.807, 2.05) is 12.1 Å². The van der Waals surface area contributed by atoms with Crippen molar-refractivity contribution < 1.29 is 13.5 Å². The molecule has 0 bridgehead atoms. The number of ether oxygens (including phenoxy) is 1. The highest BCUT2D eigenvalue weighted by Crippen LogP contribution is 2.41. The van der Waals surface area contributed by atoms with E-state index in [-0.39, 0.29) is 11.8 Å². The predicted octanol–water partition coefficient (Wildman–Crippen LogP) is 3.16. The van der Waals surface area contributed by atoms with Gasteiger partial charge in [-0.15, -0.1) is 0 Å². The maximum absolute atomic E-state index is 12.6. The van der Waals surface area contributed by atoms with Gasteiger partial charge in [-0.05, 0) is 37.7 Å². The number of alkyl halides is 2. The Hall–Kier alpha value is -1.20. The Kier molecular flexibility index (Phi) is 4.40. The number of nitrogens with two attached hydrogens (primary N) is 1. The molecule has 0 spiro atoms. The summed E-state index contributed by atoms with van der Waals surface area (Å²) in [7, 11) is 0. The highest BCUT2D eigenvalue weighted by atomic mass is 19.3. The van der Waals surface area contributed by atoms with E-state index in [9.17, 15) is 8.78 Å². The molecular weight excluding hydrogens is 274 g/mol. The second-order valence-electron chi connectivity index (χ2n) is 6.04. The normalized spacial score (nSPS) is 20.0. The molecule has 1 aromatic carbocycles. The van der Waals surface area contributed by atoms with E-state index in [0.717, 1.165) is 18.0 Å². The first-order valence-corrected chi connectivity index (χ1v) is 7.68. The molecule has 1 atom stereocenters. The summed E-state index contributed by atoms with van der Waals surface area (Å²) < 4.78 is 29.9. The van der Waals surface area contributed by atoms with Crippen LogP contribution < -0.4 is 10.5 Å². The van der Waals surface area contributed by atoms with Gasteiger partial charge in [0.25, 0.3) is 0 Å². The van der Waals surface area contributed by atoms with Gasteiger partial charge in [-0.25, -0.2) is 0 Å². The molecule has 2 aliphatic rings. The Morgan fingerprint density at radius 3 is 2.48 bits per heavy atom. The fourth-order valence-electron chi connectivity index (χ4n) is 2.94. The molecule has 0 aliphatic heterocycles. The number of benzene rings is 1. The molecule has 0 aromatic heterocycles. The quantitative estimate of drug-likeness (QED) is 0.801. The third-order valence-electron chi connectivity index (χ3n) is 4.30. The van der Waals surface area contributed by atoms with Crippen LogP contribution in [0, 0.1) is 5.92 Å². The number of halogens is 2. The smallest absolute Gasteiger partial charge is 0.387 e. The van der Waals surface area contributed by atoms with Crippen LogP contribution in [-0.4, -0.2) is 30.6 Å². The molecule has 3 nitrogen and oxygen atoms in total. The lowest BCUT2D eigenvalue weighted by Crippen LogP contribution is -2.37. The molecule has 0 saturated heterocycles. The third kappa shape index (κ3) is 3.71. The standard InChI is InChI=1S/C16H22F2N2O/c17-16(18)21-15-4-2-1-3-13(15)14(9-19)20(12-7-8-12)10-11-5-6-11/h1-4,11-12,14,16H,5-10,19H2. The monoisotopic (exact) mass is 296 g/mol. The van der Waals surface area contributed by atoms with Crippen LogP contribution in [0.5, 0.6) is 5.75 Å². The summed E-state index contributed by atoms with van der Waals surface area (Å²) in [5.74, 6) is 1.01. The van der Waals surface area contributed by atoms with Crippen LogP contribution in [0.15, 0.2) is 24.3 Å². The zero-order valence-corrected chi connectivity index (χ0v) is 12.1. The molecule has 2 fully saturated rings. The van der Waals surface area contributed by atoms with Crippen molar-refractivity contribution in [1.82, 2.24) is 4.90 Å². The molecule has 5 heteroatoms. The second kappa shape index (κ2) is 6.28. The van der Waals surface area contributed by atoms with E-state index >= 15 is 0 Å². The van der Waals surface area contributed by atoms with Crippen molar-refractivity contribution in [3.8, 4) is 5.75 Å². The molecule has 1 aromatic rings. The number of rotatable bonds is 8. The molecule has 2 aliphatic carbocycles. The number of nitrogens with zero attached hydrogens (tertiary/aromatic N) is 1. The Balaban J connectivity index is 1.83. The summed E-state index contributed by atoms with van der Waals surface area (Å²) in [6.07, 6.45) is 4.91. The van der Waals surface area contributed by atoms with Gasteiger partial charge in [-0.1, -0.05) is 18.2 Å². The molecule has 3 rings (SSSR count). The van der Waals surface area contributed by atoms with E-state index < -0.39 is 6.61 Å². The number of hydrogen-bond acceptors (Lipinski definition) is 3. The van der Waals surface area contributed by atoms with Crippen LogP contribution in [0.4, 0.5) is 8.78 Å². The van der Waals surface area contributed by atoms with Crippen molar-refractivity contribution in [2.24, 2.45) is 11.7 Å². The van der Waals surface area contributed by atoms with Gasteiger partial charge in [-0.3, -0.25) is 4.90 Å². The fraction of sp³-hybridized carbons (Fsp3) is 0.625. The van der Waals surface area contributed by atoms with Crippen molar-refractivity contribution in [2.45, 2.75) is 44.4 Å². The minimum Gasteiger partial charge on any atom is -0.434 e. The predicted molar refractivity (Wildman–Crippen MR) is 77.3 cm³/mol.